The number of likely N-dealkylation sites (tertiary alicyclic amines) is 1. The van der Waals surface area contributed by atoms with Crippen molar-refractivity contribution in [3.63, 3.8) is 0 Å². The first-order valence-corrected chi connectivity index (χ1v) is 7.98. The second kappa shape index (κ2) is 6.48. The lowest BCUT2D eigenvalue weighted by Gasteiger charge is -2.35. The number of rotatable bonds is 3. The van der Waals surface area contributed by atoms with Crippen LogP contribution >= 0.6 is 0 Å². The highest BCUT2D eigenvalue weighted by Gasteiger charge is 2.34. The number of nitrogens with one attached hydrogen (secondary N) is 1. The molecule has 118 valence electrons. The van der Waals surface area contributed by atoms with Gasteiger partial charge in [0.05, 0.1) is 12.0 Å². The molecule has 0 unspecified atom stereocenters. The predicted molar refractivity (Wildman–Crippen MR) is 83.7 cm³/mol. The molecule has 2 aliphatic rings. The molecule has 0 radical (unpaired) electrons. The van der Waals surface area contributed by atoms with Crippen LogP contribution in [0.15, 0.2) is 24.3 Å². The minimum Gasteiger partial charge on any atom is -0.378 e. The summed E-state index contributed by atoms with van der Waals surface area (Å²) in [6.07, 6.45) is 2.25. The van der Waals surface area contributed by atoms with E-state index in [4.69, 9.17) is 4.74 Å². The largest absolute Gasteiger partial charge is 0.378 e. The van der Waals surface area contributed by atoms with Crippen molar-refractivity contribution in [1.82, 2.24) is 4.90 Å². The Hall–Kier alpha value is -1.88. The third-order valence-corrected chi connectivity index (χ3v) is 4.45. The van der Waals surface area contributed by atoms with Crippen LogP contribution in [-0.2, 0) is 14.3 Å². The van der Waals surface area contributed by atoms with Crippen molar-refractivity contribution in [1.29, 1.82) is 0 Å². The summed E-state index contributed by atoms with van der Waals surface area (Å²) in [6.45, 7) is 4.14. The monoisotopic (exact) mass is 302 g/mol. The SMILES string of the molecule is CCOC1CCN(C(=O)[C@H]2CC(=O)Nc3ccccc32)CC1. The molecule has 0 aliphatic carbocycles. The van der Waals surface area contributed by atoms with Gasteiger partial charge in [-0.2, -0.15) is 0 Å². The van der Waals surface area contributed by atoms with Crippen LogP contribution < -0.4 is 5.32 Å². The summed E-state index contributed by atoms with van der Waals surface area (Å²) in [6, 6.07) is 7.58. The third kappa shape index (κ3) is 2.99. The maximum Gasteiger partial charge on any atom is 0.230 e. The molecule has 2 heterocycles. The summed E-state index contributed by atoms with van der Waals surface area (Å²) in [5.41, 5.74) is 1.69. The van der Waals surface area contributed by atoms with Crippen LogP contribution in [-0.4, -0.2) is 42.5 Å². The average molecular weight is 302 g/mol. The number of hydrogen-bond donors (Lipinski definition) is 1. The Bertz CT molecular complexity index is 565. The van der Waals surface area contributed by atoms with E-state index < -0.39 is 0 Å². The van der Waals surface area contributed by atoms with Gasteiger partial charge in [-0.15, -0.1) is 0 Å². The highest BCUT2D eigenvalue weighted by Crippen LogP contribution is 2.34. The van der Waals surface area contributed by atoms with E-state index in [-0.39, 0.29) is 30.3 Å². The lowest BCUT2D eigenvalue weighted by Crippen LogP contribution is -2.44. The Morgan fingerprint density at radius 3 is 2.77 bits per heavy atom. The lowest BCUT2D eigenvalue weighted by atomic mass is 9.88. The fourth-order valence-corrected chi connectivity index (χ4v) is 3.33. The zero-order valence-electron chi connectivity index (χ0n) is 12.9. The highest BCUT2D eigenvalue weighted by atomic mass is 16.5. The summed E-state index contributed by atoms with van der Waals surface area (Å²) in [5.74, 6) is -0.368. The Balaban J connectivity index is 1.72. The van der Waals surface area contributed by atoms with Gasteiger partial charge >= 0.3 is 0 Å². The molecule has 22 heavy (non-hydrogen) atoms. The predicted octanol–water partition coefficient (Wildman–Crippen LogP) is 2.14. The van der Waals surface area contributed by atoms with Gasteiger partial charge in [-0.25, -0.2) is 0 Å². The smallest absolute Gasteiger partial charge is 0.230 e. The molecule has 3 rings (SSSR count). The Morgan fingerprint density at radius 1 is 1.32 bits per heavy atom. The number of ether oxygens (including phenoxy) is 1. The van der Waals surface area contributed by atoms with Gasteiger partial charge in [0.25, 0.3) is 0 Å². The van der Waals surface area contributed by atoms with Gasteiger partial charge in [0.2, 0.25) is 11.8 Å². The molecule has 0 saturated carbocycles. The van der Waals surface area contributed by atoms with Gasteiger partial charge in [0, 0.05) is 31.8 Å². The number of amides is 2. The van der Waals surface area contributed by atoms with Crippen molar-refractivity contribution in [3.05, 3.63) is 29.8 Å². The Morgan fingerprint density at radius 2 is 2.05 bits per heavy atom. The Labute approximate surface area is 130 Å². The standard InChI is InChI=1S/C17H22N2O3/c1-2-22-12-7-9-19(10-8-12)17(21)14-11-16(20)18-15-6-4-3-5-13(14)15/h3-6,12,14H,2,7-11H2,1H3,(H,18,20)/t14-/m0/s1. The molecule has 1 atom stereocenters. The second-order valence-corrected chi connectivity index (χ2v) is 5.87. The van der Waals surface area contributed by atoms with Crippen molar-refractivity contribution in [2.75, 3.05) is 25.0 Å². The lowest BCUT2D eigenvalue weighted by molar-refractivity contribution is -0.137. The molecule has 0 spiro atoms. The van der Waals surface area contributed by atoms with Crippen LogP contribution in [0.3, 0.4) is 0 Å². The van der Waals surface area contributed by atoms with Gasteiger partial charge in [0.1, 0.15) is 0 Å². The van der Waals surface area contributed by atoms with Crippen LogP contribution in [0.5, 0.6) is 0 Å². The number of carbonyl (C=O) groups is 2. The molecule has 1 saturated heterocycles. The quantitative estimate of drug-likeness (QED) is 0.930. The molecule has 1 N–H and O–H groups in total. The van der Waals surface area contributed by atoms with E-state index in [1.807, 2.05) is 36.1 Å². The number of fused-ring (bicyclic) bond motifs is 1. The molecule has 1 aromatic rings. The molecule has 1 aromatic carbocycles. The van der Waals surface area contributed by atoms with Gasteiger partial charge in [-0.1, -0.05) is 18.2 Å². The van der Waals surface area contributed by atoms with Crippen molar-refractivity contribution in [2.24, 2.45) is 0 Å². The van der Waals surface area contributed by atoms with Crippen molar-refractivity contribution < 1.29 is 14.3 Å². The molecular weight excluding hydrogens is 280 g/mol. The van der Waals surface area contributed by atoms with E-state index in [9.17, 15) is 9.59 Å². The van der Waals surface area contributed by atoms with Crippen LogP contribution in [0.2, 0.25) is 0 Å². The molecule has 5 heteroatoms. The number of anilines is 1. The fraction of sp³-hybridized carbons (Fsp3) is 0.529. The molecule has 2 amide bonds. The summed E-state index contributed by atoms with van der Waals surface area (Å²) < 4.78 is 5.63. The highest BCUT2D eigenvalue weighted by molar-refractivity contribution is 6.01. The normalized spacial score (nSPS) is 22.1. The number of hydrogen-bond acceptors (Lipinski definition) is 3. The Kier molecular flexibility index (Phi) is 4.43. The first-order valence-electron chi connectivity index (χ1n) is 7.98. The summed E-state index contributed by atoms with van der Waals surface area (Å²) in [4.78, 5) is 26.6. The van der Waals surface area contributed by atoms with Gasteiger partial charge in [-0.05, 0) is 31.4 Å². The zero-order valence-corrected chi connectivity index (χ0v) is 12.9. The molecule has 2 aliphatic heterocycles. The number of piperidine rings is 1. The van der Waals surface area contributed by atoms with E-state index in [1.165, 1.54) is 0 Å². The number of carbonyl (C=O) groups excluding carboxylic acids is 2. The molecule has 5 nitrogen and oxygen atoms in total. The third-order valence-electron chi connectivity index (χ3n) is 4.45. The molecular formula is C17H22N2O3. The van der Waals surface area contributed by atoms with Gasteiger partial charge in [-0.3, -0.25) is 9.59 Å². The number of nitrogens with zero attached hydrogens (tertiary/aromatic N) is 1. The van der Waals surface area contributed by atoms with Crippen molar-refractivity contribution in [2.45, 2.75) is 38.2 Å². The van der Waals surface area contributed by atoms with E-state index in [0.717, 1.165) is 30.7 Å². The van der Waals surface area contributed by atoms with E-state index >= 15 is 0 Å². The van der Waals surface area contributed by atoms with Crippen LogP contribution in [0.4, 0.5) is 5.69 Å². The van der Waals surface area contributed by atoms with Crippen molar-refractivity contribution in [3.8, 4) is 0 Å². The first kappa shape index (κ1) is 15.0. The number of benzene rings is 1. The minimum atomic E-state index is -0.353. The maximum absolute atomic E-state index is 12.8. The van der Waals surface area contributed by atoms with E-state index in [1.54, 1.807) is 0 Å². The van der Waals surface area contributed by atoms with E-state index in [2.05, 4.69) is 5.32 Å². The van der Waals surface area contributed by atoms with Gasteiger partial charge in [0.15, 0.2) is 0 Å². The fourth-order valence-electron chi connectivity index (χ4n) is 3.33. The zero-order chi connectivity index (χ0) is 15.5. The first-order chi connectivity index (χ1) is 10.7. The summed E-state index contributed by atoms with van der Waals surface area (Å²) >= 11 is 0. The van der Waals surface area contributed by atoms with Crippen LogP contribution in [0.1, 0.15) is 37.7 Å². The second-order valence-electron chi connectivity index (χ2n) is 5.87. The summed E-state index contributed by atoms with van der Waals surface area (Å²) in [5, 5.41) is 2.84. The van der Waals surface area contributed by atoms with E-state index in [0.29, 0.717) is 13.1 Å². The van der Waals surface area contributed by atoms with Gasteiger partial charge < -0.3 is 15.0 Å². The van der Waals surface area contributed by atoms with Crippen LogP contribution in [0, 0.1) is 0 Å². The number of para-hydroxylation sites is 1. The topological polar surface area (TPSA) is 58.6 Å². The maximum atomic E-state index is 12.8. The molecule has 1 fully saturated rings. The summed E-state index contributed by atoms with van der Waals surface area (Å²) in [7, 11) is 0. The molecule has 0 aromatic heterocycles. The van der Waals surface area contributed by atoms with Crippen LogP contribution in [0.25, 0.3) is 0 Å². The molecule has 0 bridgehead atoms. The van der Waals surface area contributed by atoms with Crippen molar-refractivity contribution >= 4 is 17.5 Å². The minimum absolute atomic E-state index is 0.0669. The average Bonchev–Trinajstić information content (AvgIpc) is 2.54.